The first-order chi connectivity index (χ1) is 8.24. The summed E-state index contributed by atoms with van der Waals surface area (Å²) in [5, 5.41) is 9.51. The number of likely N-dealkylation sites (tertiary alicyclic amines) is 1. The number of benzene rings is 1. The third-order valence-corrected chi connectivity index (χ3v) is 3.17. The number of hydrogen-bond donors (Lipinski definition) is 1. The lowest BCUT2D eigenvalue weighted by Crippen LogP contribution is -2.41. The summed E-state index contributed by atoms with van der Waals surface area (Å²) in [5.74, 6) is -0.0286. The molecule has 90 valence electrons. The molecule has 2 rings (SSSR count). The number of rotatable bonds is 3. The SMILES string of the molecule is C=C1CCCN([C@@H](CO)c2ccccc2)C1=O. The Morgan fingerprint density at radius 3 is 2.71 bits per heavy atom. The summed E-state index contributed by atoms with van der Waals surface area (Å²) in [6.45, 7) is 4.42. The summed E-state index contributed by atoms with van der Waals surface area (Å²) in [4.78, 5) is 13.7. The molecule has 0 spiro atoms. The van der Waals surface area contributed by atoms with Crippen molar-refractivity contribution in [1.82, 2.24) is 4.90 Å². The molecule has 0 aromatic heterocycles. The molecule has 0 unspecified atom stereocenters. The van der Waals surface area contributed by atoms with Gasteiger partial charge in [0.05, 0.1) is 12.6 Å². The summed E-state index contributed by atoms with van der Waals surface area (Å²) in [7, 11) is 0. The predicted octanol–water partition coefficient (Wildman–Crippen LogP) is 1.90. The van der Waals surface area contributed by atoms with Crippen LogP contribution in [0.15, 0.2) is 42.5 Å². The Kier molecular flexibility index (Phi) is 3.59. The molecule has 1 heterocycles. The van der Waals surface area contributed by atoms with Crippen molar-refractivity contribution in [3.05, 3.63) is 48.0 Å². The van der Waals surface area contributed by atoms with Gasteiger partial charge in [0.25, 0.3) is 0 Å². The standard InChI is InChI=1S/C14H17NO2/c1-11-6-5-9-15(14(11)17)13(10-16)12-7-3-2-4-8-12/h2-4,7-8,13,16H,1,5-6,9-10H2/t13-/m0/s1. The molecule has 1 aliphatic heterocycles. The van der Waals surface area contributed by atoms with E-state index in [0.717, 1.165) is 18.4 Å². The lowest BCUT2D eigenvalue weighted by molar-refractivity contribution is -0.132. The molecule has 1 atom stereocenters. The van der Waals surface area contributed by atoms with Crippen LogP contribution in [0, 0.1) is 0 Å². The summed E-state index contributed by atoms with van der Waals surface area (Å²) in [6, 6.07) is 9.38. The Morgan fingerprint density at radius 1 is 1.35 bits per heavy atom. The number of aliphatic hydroxyl groups is 1. The van der Waals surface area contributed by atoms with Crippen molar-refractivity contribution in [3.8, 4) is 0 Å². The van der Waals surface area contributed by atoms with Crippen molar-refractivity contribution in [2.45, 2.75) is 18.9 Å². The first kappa shape index (κ1) is 11.9. The van der Waals surface area contributed by atoms with Crippen LogP contribution >= 0.6 is 0 Å². The van der Waals surface area contributed by atoms with Gasteiger partial charge in [-0.25, -0.2) is 0 Å². The van der Waals surface area contributed by atoms with Gasteiger partial charge in [0.15, 0.2) is 0 Å². The largest absolute Gasteiger partial charge is 0.394 e. The van der Waals surface area contributed by atoms with E-state index in [-0.39, 0.29) is 18.6 Å². The van der Waals surface area contributed by atoms with Crippen LogP contribution in [-0.2, 0) is 4.79 Å². The van der Waals surface area contributed by atoms with Gasteiger partial charge in [-0.2, -0.15) is 0 Å². The number of carbonyl (C=O) groups is 1. The van der Waals surface area contributed by atoms with Crippen LogP contribution in [0.25, 0.3) is 0 Å². The maximum absolute atomic E-state index is 12.0. The number of aliphatic hydroxyl groups excluding tert-OH is 1. The summed E-state index contributed by atoms with van der Waals surface area (Å²) in [6.07, 6.45) is 1.69. The Labute approximate surface area is 101 Å². The van der Waals surface area contributed by atoms with E-state index in [2.05, 4.69) is 6.58 Å². The Bertz CT molecular complexity index is 413. The third kappa shape index (κ3) is 2.39. The highest BCUT2D eigenvalue weighted by Crippen LogP contribution is 2.26. The van der Waals surface area contributed by atoms with Crippen molar-refractivity contribution < 1.29 is 9.90 Å². The van der Waals surface area contributed by atoms with Gasteiger partial charge in [-0.1, -0.05) is 36.9 Å². The van der Waals surface area contributed by atoms with Crippen LogP contribution in [0.5, 0.6) is 0 Å². The zero-order chi connectivity index (χ0) is 12.3. The normalized spacial score (nSPS) is 18.3. The molecule has 1 aromatic rings. The average Bonchev–Trinajstić information content (AvgIpc) is 2.37. The van der Waals surface area contributed by atoms with Crippen LogP contribution in [-0.4, -0.2) is 29.1 Å². The summed E-state index contributed by atoms with van der Waals surface area (Å²) >= 11 is 0. The maximum atomic E-state index is 12.0. The van der Waals surface area contributed by atoms with Crippen molar-refractivity contribution in [3.63, 3.8) is 0 Å². The first-order valence-electron chi connectivity index (χ1n) is 5.88. The fourth-order valence-corrected chi connectivity index (χ4v) is 2.23. The second-order valence-electron chi connectivity index (χ2n) is 4.31. The minimum Gasteiger partial charge on any atom is -0.394 e. The monoisotopic (exact) mass is 231 g/mol. The molecule has 1 N–H and O–H groups in total. The van der Waals surface area contributed by atoms with Gasteiger partial charge in [0, 0.05) is 12.1 Å². The fourth-order valence-electron chi connectivity index (χ4n) is 2.23. The van der Waals surface area contributed by atoms with E-state index in [9.17, 15) is 9.90 Å². The van der Waals surface area contributed by atoms with E-state index in [0.29, 0.717) is 12.1 Å². The second-order valence-corrected chi connectivity index (χ2v) is 4.31. The maximum Gasteiger partial charge on any atom is 0.249 e. The number of hydrogen-bond acceptors (Lipinski definition) is 2. The molecule has 1 fully saturated rings. The second kappa shape index (κ2) is 5.15. The molecule has 17 heavy (non-hydrogen) atoms. The molecule has 3 heteroatoms. The zero-order valence-electron chi connectivity index (χ0n) is 9.80. The first-order valence-corrected chi connectivity index (χ1v) is 5.88. The van der Waals surface area contributed by atoms with Gasteiger partial charge in [0.1, 0.15) is 0 Å². The van der Waals surface area contributed by atoms with Crippen molar-refractivity contribution >= 4 is 5.91 Å². The topological polar surface area (TPSA) is 40.5 Å². The summed E-state index contributed by atoms with van der Waals surface area (Å²) in [5.41, 5.74) is 1.61. The molecule has 1 saturated heterocycles. The van der Waals surface area contributed by atoms with Gasteiger partial charge in [-0.3, -0.25) is 4.79 Å². The molecule has 0 aliphatic carbocycles. The van der Waals surface area contributed by atoms with Crippen LogP contribution in [0.4, 0.5) is 0 Å². The van der Waals surface area contributed by atoms with Gasteiger partial charge in [-0.15, -0.1) is 0 Å². The number of piperidine rings is 1. The van der Waals surface area contributed by atoms with Crippen LogP contribution < -0.4 is 0 Å². The number of amides is 1. The third-order valence-electron chi connectivity index (χ3n) is 3.17. The van der Waals surface area contributed by atoms with Gasteiger partial charge in [0.2, 0.25) is 5.91 Å². The van der Waals surface area contributed by atoms with Crippen LogP contribution in [0.1, 0.15) is 24.4 Å². The predicted molar refractivity (Wildman–Crippen MR) is 66.4 cm³/mol. The van der Waals surface area contributed by atoms with Crippen molar-refractivity contribution in [2.75, 3.05) is 13.2 Å². The van der Waals surface area contributed by atoms with Crippen molar-refractivity contribution in [2.24, 2.45) is 0 Å². The Balaban J connectivity index is 2.24. The molecule has 3 nitrogen and oxygen atoms in total. The quantitative estimate of drug-likeness (QED) is 0.807. The Hall–Kier alpha value is -1.61. The molecule has 0 radical (unpaired) electrons. The Morgan fingerprint density at radius 2 is 2.06 bits per heavy atom. The smallest absolute Gasteiger partial charge is 0.249 e. The average molecular weight is 231 g/mol. The molecule has 0 saturated carbocycles. The van der Waals surface area contributed by atoms with Gasteiger partial charge >= 0.3 is 0 Å². The molecular weight excluding hydrogens is 214 g/mol. The lowest BCUT2D eigenvalue weighted by atomic mass is 9.99. The van der Waals surface area contributed by atoms with E-state index in [1.54, 1.807) is 4.90 Å². The zero-order valence-corrected chi connectivity index (χ0v) is 9.80. The van der Waals surface area contributed by atoms with Crippen LogP contribution in [0.2, 0.25) is 0 Å². The number of carbonyl (C=O) groups excluding carboxylic acids is 1. The molecule has 1 amide bonds. The fraction of sp³-hybridized carbons (Fsp3) is 0.357. The van der Waals surface area contributed by atoms with E-state index < -0.39 is 0 Å². The van der Waals surface area contributed by atoms with Crippen molar-refractivity contribution in [1.29, 1.82) is 0 Å². The molecule has 0 bridgehead atoms. The molecule has 1 aliphatic rings. The molecular formula is C14H17NO2. The highest BCUT2D eigenvalue weighted by atomic mass is 16.3. The minimum absolute atomic E-state index is 0.0286. The van der Waals surface area contributed by atoms with E-state index in [4.69, 9.17) is 0 Å². The highest BCUT2D eigenvalue weighted by Gasteiger charge is 2.28. The van der Waals surface area contributed by atoms with E-state index in [1.165, 1.54) is 0 Å². The minimum atomic E-state index is -0.249. The lowest BCUT2D eigenvalue weighted by Gasteiger charge is -2.34. The van der Waals surface area contributed by atoms with Crippen LogP contribution in [0.3, 0.4) is 0 Å². The van der Waals surface area contributed by atoms with Gasteiger partial charge < -0.3 is 10.0 Å². The highest BCUT2D eigenvalue weighted by molar-refractivity contribution is 5.93. The summed E-state index contributed by atoms with van der Waals surface area (Å²) < 4.78 is 0. The molecule has 1 aromatic carbocycles. The van der Waals surface area contributed by atoms with E-state index in [1.807, 2.05) is 30.3 Å². The van der Waals surface area contributed by atoms with E-state index >= 15 is 0 Å². The van der Waals surface area contributed by atoms with Gasteiger partial charge in [-0.05, 0) is 18.4 Å². The number of nitrogens with zero attached hydrogens (tertiary/aromatic N) is 1.